The summed E-state index contributed by atoms with van der Waals surface area (Å²) < 4.78 is 5.15. The van der Waals surface area contributed by atoms with Gasteiger partial charge in [-0.3, -0.25) is 19.2 Å². The zero-order chi connectivity index (χ0) is 35.4. The van der Waals surface area contributed by atoms with Crippen LogP contribution in [0.3, 0.4) is 0 Å². The maximum atomic E-state index is 13.3. The molecule has 4 rings (SSSR count). The average molecular weight is 688 g/mol. The molecule has 3 amide bonds. The fourth-order valence-electron chi connectivity index (χ4n) is 4.52. The molecule has 0 aliphatic rings. The van der Waals surface area contributed by atoms with E-state index < -0.39 is 23.2 Å². The molecule has 0 aliphatic heterocycles. The number of anilines is 1. The summed E-state index contributed by atoms with van der Waals surface area (Å²) >= 11 is 6.50. The molecule has 0 bridgehead atoms. The van der Waals surface area contributed by atoms with Crippen LogP contribution in [0.1, 0.15) is 37.5 Å². The van der Waals surface area contributed by atoms with Crippen molar-refractivity contribution in [1.82, 2.24) is 20.3 Å². The molecule has 0 radical (unpaired) electrons. The highest BCUT2D eigenvalue weighted by molar-refractivity contribution is 6.31. The van der Waals surface area contributed by atoms with Crippen molar-refractivity contribution in [2.24, 2.45) is 10.7 Å². The van der Waals surface area contributed by atoms with Crippen molar-refractivity contribution in [3.8, 4) is 11.3 Å². The summed E-state index contributed by atoms with van der Waals surface area (Å²) in [6.07, 6.45) is -0.283. The fourth-order valence-corrected chi connectivity index (χ4v) is 4.76. The summed E-state index contributed by atoms with van der Waals surface area (Å²) in [5, 5.41) is 3.95. The number of carbonyl (C=O) groups excluding carboxylic acids is 3. The van der Waals surface area contributed by atoms with Gasteiger partial charge in [0.2, 0.25) is 12.3 Å². The number of aromatic amines is 1. The van der Waals surface area contributed by atoms with Gasteiger partial charge in [-0.15, -0.1) is 0 Å². The molecule has 1 heterocycles. The smallest absolute Gasteiger partial charge is 0.435 e. The standard InChI is InChI=1S/C35H38ClN7O6/c1-35(2,3)49-43(23-44)19-18-42(32-33(46)39-29(30(36)40-32)26-12-8-5-9-13-26)21-28(45)38-20-24-14-16-27(17-15-24)31(37)41-34(47)48-22-25-10-6-4-7-11-25/h4-17,23H,18-22H2,1-3H3,(H,38,45)(H,39,46)(H2,37,41,47). The Hall–Kier alpha value is -5.53. The molecule has 0 aliphatic carbocycles. The van der Waals surface area contributed by atoms with Crippen molar-refractivity contribution in [3.05, 3.63) is 117 Å². The van der Waals surface area contributed by atoms with Crippen LogP contribution in [0.5, 0.6) is 0 Å². The normalized spacial score (nSPS) is 11.5. The number of amidine groups is 1. The van der Waals surface area contributed by atoms with Crippen LogP contribution >= 0.6 is 11.6 Å². The highest BCUT2D eigenvalue weighted by Crippen LogP contribution is 2.24. The minimum Gasteiger partial charge on any atom is -0.443 e. The number of hydrogen-bond acceptors (Lipinski definition) is 8. The summed E-state index contributed by atoms with van der Waals surface area (Å²) in [4.78, 5) is 68.2. The van der Waals surface area contributed by atoms with Gasteiger partial charge in [0.25, 0.3) is 5.56 Å². The van der Waals surface area contributed by atoms with E-state index in [1.54, 1.807) is 69.3 Å². The van der Waals surface area contributed by atoms with Gasteiger partial charge in [0, 0.05) is 24.2 Å². The molecule has 4 N–H and O–H groups in total. The number of hydroxylamine groups is 2. The van der Waals surface area contributed by atoms with E-state index in [1.165, 1.54) is 4.90 Å². The first-order valence-electron chi connectivity index (χ1n) is 15.3. The minimum atomic E-state index is -0.812. The number of nitrogens with zero attached hydrogens (tertiary/aromatic N) is 4. The number of halogens is 1. The largest absolute Gasteiger partial charge is 0.443 e. The van der Waals surface area contributed by atoms with Crippen LogP contribution in [0.15, 0.2) is 94.7 Å². The second kappa shape index (κ2) is 17.0. The van der Waals surface area contributed by atoms with E-state index in [0.717, 1.165) is 16.2 Å². The van der Waals surface area contributed by atoms with Gasteiger partial charge in [-0.2, -0.15) is 4.99 Å². The monoisotopic (exact) mass is 687 g/mol. The Kier molecular flexibility index (Phi) is 12.6. The van der Waals surface area contributed by atoms with Gasteiger partial charge in [-0.1, -0.05) is 96.5 Å². The predicted octanol–water partition coefficient (Wildman–Crippen LogP) is 4.44. The van der Waals surface area contributed by atoms with Gasteiger partial charge in [0.15, 0.2) is 11.0 Å². The van der Waals surface area contributed by atoms with Gasteiger partial charge in [0.1, 0.15) is 12.4 Å². The molecule has 14 heteroatoms. The van der Waals surface area contributed by atoms with E-state index in [2.05, 4.69) is 20.3 Å². The van der Waals surface area contributed by atoms with E-state index in [-0.39, 0.29) is 49.6 Å². The van der Waals surface area contributed by atoms with Crippen LogP contribution in [0.2, 0.25) is 5.15 Å². The predicted molar refractivity (Wildman–Crippen MR) is 187 cm³/mol. The summed E-state index contributed by atoms with van der Waals surface area (Å²) in [6, 6.07) is 25.0. The molecule has 0 unspecified atom stereocenters. The Balaban J connectivity index is 1.42. The molecule has 0 saturated heterocycles. The SMILES string of the molecule is CC(C)(C)ON(C=O)CCN(CC(=O)NCc1ccc(C(N)=NC(=O)OCc2ccccc2)cc1)c1nc(Cl)c(-c2ccccc2)[nH]c1=O. The third-order valence-electron chi connectivity index (χ3n) is 6.80. The maximum absolute atomic E-state index is 13.3. The van der Waals surface area contributed by atoms with Crippen molar-refractivity contribution in [1.29, 1.82) is 0 Å². The maximum Gasteiger partial charge on any atom is 0.435 e. The van der Waals surface area contributed by atoms with Crippen molar-refractivity contribution in [2.45, 2.75) is 39.5 Å². The lowest BCUT2D eigenvalue weighted by Gasteiger charge is -2.29. The second-order valence-electron chi connectivity index (χ2n) is 11.8. The van der Waals surface area contributed by atoms with Crippen LogP contribution in [0, 0.1) is 0 Å². The molecule has 0 spiro atoms. The molecule has 0 saturated carbocycles. The Labute approximate surface area is 288 Å². The number of H-pyrrole nitrogens is 1. The molecule has 3 aromatic carbocycles. The first-order chi connectivity index (χ1) is 23.4. The number of aliphatic imine (C=N–C) groups is 1. The van der Waals surface area contributed by atoms with E-state index in [9.17, 15) is 19.2 Å². The molecule has 13 nitrogen and oxygen atoms in total. The van der Waals surface area contributed by atoms with E-state index >= 15 is 0 Å². The Morgan fingerprint density at radius 1 is 0.980 bits per heavy atom. The summed E-state index contributed by atoms with van der Waals surface area (Å²) in [5.74, 6) is -0.535. The van der Waals surface area contributed by atoms with Gasteiger partial charge in [-0.05, 0) is 31.9 Å². The summed E-state index contributed by atoms with van der Waals surface area (Å²) in [6.45, 7) is 5.37. The number of nitrogens with one attached hydrogen (secondary N) is 2. The highest BCUT2D eigenvalue weighted by Gasteiger charge is 2.22. The quantitative estimate of drug-likeness (QED) is 0.0750. The van der Waals surface area contributed by atoms with Crippen molar-refractivity contribution in [3.63, 3.8) is 0 Å². The van der Waals surface area contributed by atoms with Crippen LogP contribution in [-0.4, -0.2) is 64.5 Å². The number of aromatic nitrogens is 2. The number of carbonyl (C=O) groups is 3. The molecule has 4 aromatic rings. The molecule has 1 aromatic heterocycles. The number of rotatable bonds is 14. The first kappa shape index (κ1) is 36.3. The molecule has 256 valence electrons. The number of nitrogens with two attached hydrogens (primary N) is 1. The van der Waals surface area contributed by atoms with Crippen LogP contribution in [-0.2, 0) is 32.3 Å². The Bertz CT molecular complexity index is 1810. The minimum absolute atomic E-state index is 0.0150. The van der Waals surface area contributed by atoms with Crippen LogP contribution < -0.4 is 21.5 Å². The fraction of sp³-hybridized carbons (Fsp3) is 0.257. The van der Waals surface area contributed by atoms with Crippen molar-refractivity contribution in [2.75, 3.05) is 24.5 Å². The molecular formula is C35H38ClN7O6. The number of amides is 3. The zero-order valence-electron chi connectivity index (χ0n) is 27.4. The second-order valence-corrected chi connectivity index (χ2v) is 12.2. The van der Waals surface area contributed by atoms with Crippen molar-refractivity contribution < 1.29 is 24.0 Å². The number of hydrogen-bond donors (Lipinski definition) is 3. The lowest BCUT2D eigenvalue weighted by molar-refractivity contribution is -0.214. The third kappa shape index (κ3) is 11.3. The Morgan fingerprint density at radius 2 is 1.63 bits per heavy atom. The van der Waals surface area contributed by atoms with Gasteiger partial charge < -0.3 is 25.7 Å². The topological polar surface area (TPSA) is 172 Å². The molecule has 0 fully saturated rings. The Morgan fingerprint density at radius 3 is 2.27 bits per heavy atom. The van der Waals surface area contributed by atoms with Crippen LogP contribution in [0.4, 0.5) is 10.6 Å². The lowest BCUT2D eigenvalue weighted by Crippen LogP contribution is -2.44. The lowest BCUT2D eigenvalue weighted by atomic mass is 10.1. The average Bonchev–Trinajstić information content (AvgIpc) is 3.09. The van der Waals surface area contributed by atoms with E-state index in [0.29, 0.717) is 23.2 Å². The first-order valence-corrected chi connectivity index (χ1v) is 15.7. The highest BCUT2D eigenvalue weighted by atomic mass is 35.5. The third-order valence-corrected chi connectivity index (χ3v) is 7.08. The summed E-state index contributed by atoms with van der Waals surface area (Å²) in [5.41, 5.74) is 7.84. The van der Waals surface area contributed by atoms with Gasteiger partial charge in [-0.25, -0.2) is 14.8 Å². The van der Waals surface area contributed by atoms with Crippen molar-refractivity contribution >= 4 is 41.7 Å². The van der Waals surface area contributed by atoms with E-state index in [1.807, 2.05) is 36.4 Å². The number of ether oxygens (including phenoxy) is 1. The van der Waals surface area contributed by atoms with E-state index in [4.69, 9.17) is 26.9 Å². The molecule has 0 atom stereocenters. The van der Waals surface area contributed by atoms with Gasteiger partial charge in [0.05, 0.1) is 24.4 Å². The number of benzene rings is 3. The molecule has 49 heavy (non-hydrogen) atoms. The summed E-state index contributed by atoms with van der Waals surface area (Å²) in [7, 11) is 0. The van der Waals surface area contributed by atoms with Gasteiger partial charge >= 0.3 is 6.09 Å². The van der Waals surface area contributed by atoms with Crippen LogP contribution in [0.25, 0.3) is 11.3 Å². The molecular weight excluding hydrogens is 650 g/mol. The zero-order valence-corrected chi connectivity index (χ0v) is 28.1.